The zero-order chi connectivity index (χ0) is 25.8. The SMILES string of the molecule is Cc1cc2[nH]c(=O)c(N)c(-c3ccc(F)c4[nH]ncc34)c2nc1C1=CCN(C(=O)OC(C)(C)C)CC1. The minimum Gasteiger partial charge on any atom is -0.444 e. The van der Waals surface area contributed by atoms with Gasteiger partial charge in [-0.2, -0.15) is 5.10 Å². The predicted octanol–water partition coefficient (Wildman–Crippen LogP) is 4.52. The number of hydrogen-bond acceptors (Lipinski definition) is 6. The Morgan fingerprint density at radius 2 is 2.06 bits per heavy atom. The Labute approximate surface area is 206 Å². The van der Waals surface area contributed by atoms with Crippen LogP contribution in [0.3, 0.4) is 0 Å². The summed E-state index contributed by atoms with van der Waals surface area (Å²) in [5.74, 6) is -0.453. The van der Waals surface area contributed by atoms with Crippen LogP contribution in [-0.2, 0) is 4.74 Å². The number of rotatable bonds is 2. The van der Waals surface area contributed by atoms with E-state index in [-0.39, 0.29) is 17.3 Å². The van der Waals surface area contributed by atoms with Crippen molar-refractivity contribution < 1.29 is 13.9 Å². The van der Waals surface area contributed by atoms with Crippen molar-refractivity contribution in [3.63, 3.8) is 0 Å². The van der Waals surface area contributed by atoms with E-state index in [9.17, 15) is 14.0 Å². The first-order chi connectivity index (χ1) is 17.0. The number of aryl methyl sites for hydroxylation is 1. The van der Waals surface area contributed by atoms with Crippen LogP contribution in [0, 0.1) is 12.7 Å². The molecule has 10 heteroatoms. The van der Waals surface area contributed by atoms with Crippen LogP contribution in [0.25, 0.3) is 38.6 Å². The molecule has 0 atom stereocenters. The minimum atomic E-state index is -0.564. The molecule has 4 heterocycles. The molecule has 186 valence electrons. The van der Waals surface area contributed by atoms with Gasteiger partial charge in [0.25, 0.3) is 5.56 Å². The third-order valence-corrected chi connectivity index (χ3v) is 6.21. The summed E-state index contributed by atoms with van der Waals surface area (Å²) < 4.78 is 19.8. The second-order valence-electron chi connectivity index (χ2n) is 9.95. The lowest BCUT2D eigenvalue weighted by atomic mass is 9.96. The number of hydrogen-bond donors (Lipinski definition) is 3. The van der Waals surface area contributed by atoms with Crippen molar-refractivity contribution in [1.82, 2.24) is 25.1 Å². The highest BCUT2D eigenvalue weighted by Gasteiger charge is 2.25. The number of H-pyrrole nitrogens is 2. The van der Waals surface area contributed by atoms with Crippen LogP contribution in [0.5, 0.6) is 0 Å². The molecule has 0 spiro atoms. The van der Waals surface area contributed by atoms with Gasteiger partial charge in [-0.15, -0.1) is 0 Å². The molecule has 9 nitrogen and oxygen atoms in total. The number of halogens is 1. The maximum absolute atomic E-state index is 14.3. The summed E-state index contributed by atoms with van der Waals surface area (Å²) in [5.41, 5.74) is 10.1. The molecule has 1 aromatic carbocycles. The van der Waals surface area contributed by atoms with Crippen LogP contribution in [-0.4, -0.2) is 49.8 Å². The molecule has 0 saturated heterocycles. The average molecular weight is 491 g/mol. The van der Waals surface area contributed by atoms with E-state index in [1.54, 1.807) is 11.0 Å². The molecule has 0 aliphatic carbocycles. The van der Waals surface area contributed by atoms with Crippen molar-refractivity contribution in [2.75, 3.05) is 18.8 Å². The highest BCUT2D eigenvalue weighted by molar-refractivity contribution is 6.06. The van der Waals surface area contributed by atoms with Gasteiger partial charge in [0, 0.05) is 24.0 Å². The number of ether oxygens (including phenoxy) is 1. The van der Waals surface area contributed by atoms with E-state index in [2.05, 4.69) is 15.2 Å². The number of fused-ring (bicyclic) bond motifs is 2. The second kappa shape index (κ2) is 8.47. The number of aromatic nitrogens is 4. The molecule has 4 N–H and O–H groups in total. The molecular weight excluding hydrogens is 463 g/mol. The number of nitrogens with two attached hydrogens (primary N) is 1. The highest BCUT2D eigenvalue weighted by atomic mass is 19.1. The number of pyridine rings is 2. The van der Waals surface area contributed by atoms with Crippen LogP contribution < -0.4 is 11.3 Å². The molecule has 1 amide bonds. The van der Waals surface area contributed by atoms with Gasteiger partial charge in [0.1, 0.15) is 22.6 Å². The number of nitrogens with zero attached hydrogens (tertiary/aromatic N) is 3. The molecule has 0 fully saturated rings. The van der Waals surface area contributed by atoms with Crippen LogP contribution in [0.15, 0.2) is 35.3 Å². The van der Waals surface area contributed by atoms with Gasteiger partial charge in [0.2, 0.25) is 0 Å². The lowest BCUT2D eigenvalue weighted by molar-refractivity contribution is 0.0270. The Kier molecular flexibility index (Phi) is 5.54. The molecule has 0 unspecified atom stereocenters. The third-order valence-electron chi connectivity index (χ3n) is 6.21. The van der Waals surface area contributed by atoms with Crippen molar-refractivity contribution >= 4 is 39.3 Å². The Morgan fingerprint density at radius 1 is 1.28 bits per heavy atom. The molecule has 0 radical (unpaired) electrons. The van der Waals surface area contributed by atoms with Crippen LogP contribution in [0.2, 0.25) is 0 Å². The van der Waals surface area contributed by atoms with E-state index in [4.69, 9.17) is 15.5 Å². The summed E-state index contributed by atoms with van der Waals surface area (Å²) >= 11 is 0. The first kappa shape index (κ1) is 23.5. The monoisotopic (exact) mass is 490 g/mol. The molecule has 5 rings (SSSR count). The Balaban J connectivity index is 1.62. The van der Waals surface area contributed by atoms with Crippen molar-refractivity contribution in [3.05, 3.63) is 57.9 Å². The summed E-state index contributed by atoms with van der Waals surface area (Å²) in [6, 6.07) is 4.75. The Hall–Kier alpha value is -4.21. The quantitative estimate of drug-likeness (QED) is 0.379. The first-order valence-electron chi connectivity index (χ1n) is 11.7. The molecular formula is C26H27FN6O3. The standard InChI is InChI=1S/C26H27FN6O3/c1-13-11-18-23(31-21(13)14-7-9-33(10-8-14)25(35)36-26(2,3)4)19(20(28)24(34)30-18)15-5-6-17(27)22-16(15)12-29-32-22/h5-7,11-12H,8-10,28H2,1-4H3,(H,29,32)(H,30,34). The number of carbonyl (C=O) groups is 1. The number of anilines is 1. The number of nitrogen functional groups attached to an aromatic ring is 1. The van der Waals surface area contributed by atoms with Crippen molar-refractivity contribution in [2.45, 2.75) is 39.7 Å². The molecule has 0 saturated carbocycles. The number of amides is 1. The van der Waals surface area contributed by atoms with Gasteiger partial charge < -0.3 is 20.4 Å². The maximum Gasteiger partial charge on any atom is 0.410 e. The van der Waals surface area contributed by atoms with E-state index in [1.807, 2.05) is 39.8 Å². The van der Waals surface area contributed by atoms with Crippen LogP contribution >= 0.6 is 0 Å². The topological polar surface area (TPSA) is 130 Å². The fourth-order valence-electron chi connectivity index (χ4n) is 4.52. The van der Waals surface area contributed by atoms with E-state index in [0.717, 1.165) is 16.8 Å². The molecule has 36 heavy (non-hydrogen) atoms. The first-order valence-corrected chi connectivity index (χ1v) is 11.7. The zero-order valence-electron chi connectivity index (χ0n) is 20.5. The fraction of sp³-hybridized carbons (Fsp3) is 0.308. The summed E-state index contributed by atoms with van der Waals surface area (Å²) in [5, 5.41) is 7.12. The minimum absolute atomic E-state index is 0.00682. The van der Waals surface area contributed by atoms with Crippen molar-refractivity contribution in [1.29, 1.82) is 0 Å². The normalized spacial score (nSPS) is 14.4. The maximum atomic E-state index is 14.3. The summed E-state index contributed by atoms with van der Waals surface area (Å²) in [6.45, 7) is 8.33. The lowest BCUT2D eigenvalue weighted by Gasteiger charge is -2.29. The Morgan fingerprint density at radius 3 is 2.75 bits per heavy atom. The fourth-order valence-corrected chi connectivity index (χ4v) is 4.52. The molecule has 1 aliphatic rings. The average Bonchev–Trinajstić information content (AvgIpc) is 3.31. The second-order valence-corrected chi connectivity index (χ2v) is 9.95. The van der Waals surface area contributed by atoms with Crippen molar-refractivity contribution in [2.24, 2.45) is 0 Å². The predicted molar refractivity (Wildman–Crippen MR) is 137 cm³/mol. The summed E-state index contributed by atoms with van der Waals surface area (Å²) in [4.78, 5) is 34.6. The largest absolute Gasteiger partial charge is 0.444 e. The van der Waals surface area contributed by atoms with Gasteiger partial charge in [-0.1, -0.05) is 12.1 Å². The van der Waals surface area contributed by atoms with Gasteiger partial charge in [-0.25, -0.2) is 14.2 Å². The molecule has 4 aromatic rings. The van der Waals surface area contributed by atoms with Crippen LogP contribution in [0.1, 0.15) is 38.4 Å². The summed E-state index contributed by atoms with van der Waals surface area (Å²) in [6.07, 6.45) is 3.71. The molecule has 3 aromatic heterocycles. The molecule has 0 bridgehead atoms. The number of aromatic amines is 2. The van der Waals surface area contributed by atoms with E-state index in [0.29, 0.717) is 47.1 Å². The van der Waals surface area contributed by atoms with E-state index in [1.165, 1.54) is 12.3 Å². The van der Waals surface area contributed by atoms with E-state index >= 15 is 0 Å². The zero-order valence-corrected chi connectivity index (χ0v) is 20.5. The number of nitrogens with one attached hydrogen (secondary N) is 2. The van der Waals surface area contributed by atoms with E-state index < -0.39 is 17.0 Å². The lowest BCUT2D eigenvalue weighted by Crippen LogP contribution is -2.39. The number of carbonyl (C=O) groups excluding carboxylic acids is 1. The highest BCUT2D eigenvalue weighted by Crippen LogP contribution is 2.37. The smallest absolute Gasteiger partial charge is 0.410 e. The number of benzene rings is 1. The van der Waals surface area contributed by atoms with Crippen molar-refractivity contribution in [3.8, 4) is 11.1 Å². The Bertz CT molecular complexity index is 1610. The third kappa shape index (κ3) is 4.08. The van der Waals surface area contributed by atoms with Gasteiger partial charge in [0.15, 0.2) is 0 Å². The summed E-state index contributed by atoms with van der Waals surface area (Å²) in [7, 11) is 0. The van der Waals surface area contributed by atoms with Gasteiger partial charge in [-0.05, 0) is 62.9 Å². The van der Waals surface area contributed by atoms with Crippen LogP contribution in [0.4, 0.5) is 14.9 Å². The van der Waals surface area contributed by atoms with Gasteiger partial charge >= 0.3 is 6.09 Å². The van der Waals surface area contributed by atoms with Gasteiger partial charge in [-0.3, -0.25) is 9.89 Å². The molecule has 1 aliphatic heterocycles. The van der Waals surface area contributed by atoms with Gasteiger partial charge in [0.05, 0.1) is 22.9 Å².